The van der Waals surface area contributed by atoms with Crippen molar-refractivity contribution in [1.29, 1.82) is 0 Å². The van der Waals surface area contributed by atoms with Gasteiger partial charge in [0.15, 0.2) is 0 Å². The van der Waals surface area contributed by atoms with E-state index in [9.17, 15) is 0 Å². The quantitative estimate of drug-likeness (QED) is 0.688. The second kappa shape index (κ2) is 3.77. The van der Waals surface area contributed by atoms with Gasteiger partial charge in [-0.25, -0.2) is 0 Å². The minimum Gasteiger partial charge on any atom is -0.0840 e. The van der Waals surface area contributed by atoms with Crippen LogP contribution in [0.5, 0.6) is 0 Å². The normalized spacial score (nSPS) is 19.2. The molecule has 0 aromatic heterocycles. The van der Waals surface area contributed by atoms with Gasteiger partial charge in [0.2, 0.25) is 0 Å². The van der Waals surface area contributed by atoms with E-state index in [2.05, 4.69) is 19.9 Å². The Bertz CT molecular complexity index is 428. The molecule has 0 bridgehead atoms. The predicted molar refractivity (Wildman–Crippen MR) is 69.5 cm³/mol. The van der Waals surface area contributed by atoms with Crippen LogP contribution in [-0.2, 0) is 12.8 Å². The molecule has 86 valence electrons. The fourth-order valence-electron chi connectivity index (χ4n) is 3.19. The van der Waals surface area contributed by atoms with E-state index in [0.29, 0.717) is 5.92 Å². The molecule has 0 unspecified atom stereocenters. The van der Waals surface area contributed by atoms with Crippen LogP contribution in [0, 0.1) is 0 Å². The molecule has 2 aliphatic rings. The number of halogens is 1. The number of benzene rings is 1. The third-order valence-electron chi connectivity index (χ3n) is 4.02. The lowest BCUT2D eigenvalue weighted by atomic mass is 9.88. The standard InChI is InChI=1S/C15H19Cl/c1-9(2)15-12-5-3-4-11(12)14(16)8-13(15)10-6-7-10/h8-10H,3-7H2,1-2H3. The first-order chi connectivity index (χ1) is 7.68. The van der Waals surface area contributed by atoms with Crippen LogP contribution in [0.3, 0.4) is 0 Å². The van der Waals surface area contributed by atoms with Crippen LogP contribution in [0.25, 0.3) is 0 Å². The zero-order chi connectivity index (χ0) is 11.3. The molecule has 1 aromatic carbocycles. The maximum Gasteiger partial charge on any atom is 0.0443 e. The van der Waals surface area contributed by atoms with Gasteiger partial charge in [-0.1, -0.05) is 25.4 Å². The summed E-state index contributed by atoms with van der Waals surface area (Å²) >= 11 is 6.42. The minimum absolute atomic E-state index is 0.653. The molecule has 0 nitrogen and oxygen atoms in total. The summed E-state index contributed by atoms with van der Waals surface area (Å²) < 4.78 is 0. The van der Waals surface area contributed by atoms with Crippen molar-refractivity contribution in [2.75, 3.05) is 0 Å². The number of hydrogen-bond acceptors (Lipinski definition) is 0. The molecule has 1 heteroatoms. The summed E-state index contributed by atoms with van der Waals surface area (Å²) in [7, 11) is 0. The average molecular weight is 235 g/mol. The van der Waals surface area contributed by atoms with Crippen molar-refractivity contribution in [3.8, 4) is 0 Å². The minimum atomic E-state index is 0.653. The Morgan fingerprint density at radius 3 is 2.50 bits per heavy atom. The molecule has 0 radical (unpaired) electrons. The van der Waals surface area contributed by atoms with Gasteiger partial charge < -0.3 is 0 Å². The first kappa shape index (κ1) is 10.7. The summed E-state index contributed by atoms with van der Waals surface area (Å²) in [5.41, 5.74) is 6.26. The highest BCUT2D eigenvalue weighted by molar-refractivity contribution is 6.31. The molecule has 3 rings (SSSR count). The summed E-state index contributed by atoms with van der Waals surface area (Å²) in [6.45, 7) is 4.65. The second-order valence-electron chi connectivity index (χ2n) is 5.60. The van der Waals surface area contributed by atoms with Crippen molar-refractivity contribution in [3.05, 3.63) is 33.3 Å². The lowest BCUT2D eigenvalue weighted by molar-refractivity contribution is 0.817. The average Bonchev–Trinajstić information content (AvgIpc) is 2.96. The molecule has 0 saturated heterocycles. The molecular formula is C15H19Cl. The van der Waals surface area contributed by atoms with Gasteiger partial charge in [0, 0.05) is 5.02 Å². The fraction of sp³-hybridized carbons (Fsp3) is 0.600. The second-order valence-corrected chi connectivity index (χ2v) is 6.01. The summed E-state index contributed by atoms with van der Waals surface area (Å²) in [6, 6.07) is 2.28. The van der Waals surface area contributed by atoms with Gasteiger partial charge in [-0.3, -0.25) is 0 Å². The Morgan fingerprint density at radius 1 is 1.19 bits per heavy atom. The fourth-order valence-corrected chi connectivity index (χ4v) is 3.52. The van der Waals surface area contributed by atoms with Crippen molar-refractivity contribution in [3.63, 3.8) is 0 Å². The van der Waals surface area contributed by atoms with Gasteiger partial charge >= 0.3 is 0 Å². The molecule has 0 spiro atoms. The van der Waals surface area contributed by atoms with Crippen LogP contribution >= 0.6 is 11.6 Å². The summed E-state index contributed by atoms with van der Waals surface area (Å²) in [5, 5.41) is 1.04. The molecule has 1 aromatic rings. The first-order valence-corrected chi connectivity index (χ1v) is 6.90. The molecule has 16 heavy (non-hydrogen) atoms. The van der Waals surface area contributed by atoms with E-state index in [1.54, 1.807) is 16.7 Å². The molecule has 0 atom stereocenters. The lowest BCUT2D eigenvalue weighted by Crippen LogP contribution is -2.02. The Labute approximate surface area is 103 Å². The number of hydrogen-bond donors (Lipinski definition) is 0. The van der Waals surface area contributed by atoms with E-state index in [0.717, 1.165) is 10.9 Å². The lowest BCUT2D eigenvalue weighted by Gasteiger charge is -2.19. The highest BCUT2D eigenvalue weighted by Crippen LogP contribution is 2.47. The van der Waals surface area contributed by atoms with E-state index in [1.165, 1.54) is 37.7 Å². The highest BCUT2D eigenvalue weighted by Gasteiger charge is 2.31. The molecule has 1 saturated carbocycles. The van der Waals surface area contributed by atoms with Crippen LogP contribution in [0.2, 0.25) is 5.02 Å². The smallest absolute Gasteiger partial charge is 0.0443 e. The molecule has 2 aliphatic carbocycles. The SMILES string of the molecule is CC(C)c1c(C2CC2)cc(Cl)c2c1CCC2. The van der Waals surface area contributed by atoms with Crippen LogP contribution in [0.1, 0.15) is 67.2 Å². The van der Waals surface area contributed by atoms with Crippen molar-refractivity contribution in [2.45, 2.75) is 57.8 Å². The van der Waals surface area contributed by atoms with Gasteiger partial charge in [0.25, 0.3) is 0 Å². The van der Waals surface area contributed by atoms with Gasteiger partial charge in [-0.15, -0.1) is 0 Å². The first-order valence-electron chi connectivity index (χ1n) is 6.52. The molecule has 0 aliphatic heterocycles. The number of rotatable bonds is 2. The summed E-state index contributed by atoms with van der Waals surface area (Å²) in [6.07, 6.45) is 6.48. The largest absolute Gasteiger partial charge is 0.0840 e. The molecule has 1 fully saturated rings. The Hall–Kier alpha value is -0.490. The third kappa shape index (κ3) is 1.59. The topological polar surface area (TPSA) is 0 Å². The molecular weight excluding hydrogens is 216 g/mol. The van der Waals surface area contributed by atoms with Gasteiger partial charge in [-0.2, -0.15) is 0 Å². The van der Waals surface area contributed by atoms with Crippen molar-refractivity contribution in [2.24, 2.45) is 0 Å². The van der Waals surface area contributed by atoms with Gasteiger partial charge in [0.1, 0.15) is 0 Å². The molecule has 0 N–H and O–H groups in total. The predicted octanol–water partition coefficient (Wildman–Crippen LogP) is 4.83. The molecule has 0 heterocycles. The molecule has 0 amide bonds. The summed E-state index contributed by atoms with van der Waals surface area (Å²) in [4.78, 5) is 0. The maximum atomic E-state index is 6.42. The zero-order valence-electron chi connectivity index (χ0n) is 10.1. The van der Waals surface area contributed by atoms with Crippen LogP contribution in [0.4, 0.5) is 0 Å². The van der Waals surface area contributed by atoms with E-state index in [4.69, 9.17) is 11.6 Å². The van der Waals surface area contributed by atoms with E-state index in [-0.39, 0.29) is 0 Å². The van der Waals surface area contributed by atoms with E-state index >= 15 is 0 Å². The number of fused-ring (bicyclic) bond motifs is 1. The van der Waals surface area contributed by atoms with Crippen molar-refractivity contribution >= 4 is 11.6 Å². The third-order valence-corrected chi connectivity index (χ3v) is 4.36. The van der Waals surface area contributed by atoms with Crippen LogP contribution in [0.15, 0.2) is 6.07 Å². The van der Waals surface area contributed by atoms with Crippen LogP contribution in [-0.4, -0.2) is 0 Å². The zero-order valence-corrected chi connectivity index (χ0v) is 10.9. The van der Waals surface area contributed by atoms with E-state index in [1.807, 2.05) is 0 Å². The monoisotopic (exact) mass is 234 g/mol. The Balaban J connectivity index is 2.21. The van der Waals surface area contributed by atoms with Crippen molar-refractivity contribution in [1.82, 2.24) is 0 Å². The maximum absolute atomic E-state index is 6.42. The summed E-state index contributed by atoms with van der Waals surface area (Å²) in [5.74, 6) is 1.47. The van der Waals surface area contributed by atoms with Crippen LogP contribution < -0.4 is 0 Å². The van der Waals surface area contributed by atoms with Crippen molar-refractivity contribution < 1.29 is 0 Å². The van der Waals surface area contributed by atoms with E-state index < -0.39 is 0 Å². The Kier molecular flexibility index (Phi) is 2.51. The van der Waals surface area contributed by atoms with Gasteiger partial charge in [-0.05, 0) is 72.3 Å². The van der Waals surface area contributed by atoms with Gasteiger partial charge in [0.05, 0.1) is 0 Å². The Morgan fingerprint density at radius 2 is 1.88 bits per heavy atom. The highest BCUT2D eigenvalue weighted by atomic mass is 35.5.